The third kappa shape index (κ3) is 3.15. The summed E-state index contributed by atoms with van der Waals surface area (Å²) in [6.45, 7) is 0. The zero-order valence-electron chi connectivity index (χ0n) is 6.29. The average molecular weight is 286 g/mol. The van der Waals surface area contributed by atoms with Crippen molar-refractivity contribution < 1.29 is 8.42 Å². The number of benzene rings is 1. The molecule has 0 aliphatic heterocycles. The third-order valence-corrected chi connectivity index (χ3v) is 3.11. The first-order chi connectivity index (χ1) is 5.90. The Hall–Kier alpha value is -0.300. The van der Waals surface area contributed by atoms with Crippen molar-refractivity contribution in [2.75, 3.05) is 4.72 Å². The highest BCUT2D eigenvalue weighted by Gasteiger charge is 2.07. The summed E-state index contributed by atoms with van der Waals surface area (Å²) in [6, 6.07) is 4.78. The van der Waals surface area contributed by atoms with Crippen molar-refractivity contribution >= 4 is 43.4 Å². The number of hydrogen-bond donors (Lipinski definition) is 2. The van der Waals surface area contributed by atoms with Crippen molar-refractivity contribution in [1.29, 1.82) is 0 Å². The Bertz CT molecular complexity index is 421. The van der Waals surface area contributed by atoms with Gasteiger partial charge in [0.15, 0.2) is 0 Å². The van der Waals surface area contributed by atoms with Crippen LogP contribution in [0, 0.1) is 0 Å². The van der Waals surface area contributed by atoms with E-state index in [-0.39, 0.29) is 0 Å². The summed E-state index contributed by atoms with van der Waals surface area (Å²) in [5.74, 6) is 0. The van der Waals surface area contributed by atoms with E-state index in [0.717, 1.165) is 0 Å². The van der Waals surface area contributed by atoms with Gasteiger partial charge >= 0.3 is 0 Å². The number of hydrogen-bond acceptors (Lipinski definition) is 2. The minimum Gasteiger partial charge on any atom is -0.270 e. The highest BCUT2D eigenvalue weighted by atomic mass is 79.9. The van der Waals surface area contributed by atoms with E-state index in [1.54, 1.807) is 18.2 Å². The highest BCUT2D eigenvalue weighted by molar-refractivity contribution is 9.10. The van der Waals surface area contributed by atoms with Crippen LogP contribution >= 0.6 is 27.5 Å². The molecule has 0 amide bonds. The molecular formula is C6H6BrClN2O2S. The molecule has 0 aliphatic carbocycles. The van der Waals surface area contributed by atoms with E-state index < -0.39 is 10.2 Å². The molecule has 72 valence electrons. The van der Waals surface area contributed by atoms with Gasteiger partial charge in [-0.05, 0) is 28.1 Å². The predicted molar refractivity (Wildman–Crippen MR) is 55.9 cm³/mol. The summed E-state index contributed by atoms with van der Waals surface area (Å²) in [5.41, 5.74) is 0.315. The van der Waals surface area contributed by atoms with Crippen LogP contribution in [0.5, 0.6) is 0 Å². The predicted octanol–water partition coefficient (Wildman–Crippen LogP) is 1.72. The molecule has 0 spiro atoms. The SMILES string of the molecule is NS(=O)(=O)Nc1cccc(Cl)c1Br. The van der Waals surface area contributed by atoms with Gasteiger partial charge in [-0.25, -0.2) is 5.14 Å². The second-order valence-electron chi connectivity index (χ2n) is 2.25. The molecule has 0 radical (unpaired) electrons. The molecule has 0 fully saturated rings. The second-order valence-corrected chi connectivity index (χ2v) is 4.74. The molecule has 0 saturated heterocycles. The van der Waals surface area contributed by atoms with E-state index >= 15 is 0 Å². The van der Waals surface area contributed by atoms with Gasteiger partial charge in [-0.1, -0.05) is 17.7 Å². The van der Waals surface area contributed by atoms with Gasteiger partial charge in [-0.3, -0.25) is 4.72 Å². The molecule has 0 bridgehead atoms. The molecular weight excluding hydrogens is 280 g/mol. The smallest absolute Gasteiger partial charge is 0.270 e. The zero-order valence-corrected chi connectivity index (χ0v) is 9.45. The molecule has 0 unspecified atom stereocenters. The third-order valence-electron chi connectivity index (χ3n) is 1.20. The average Bonchev–Trinajstić information content (AvgIpc) is 1.96. The van der Waals surface area contributed by atoms with Crippen LogP contribution in [-0.4, -0.2) is 8.42 Å². The van der Waals surface area contributed by atoms with Gasteiger partial charge in [0.25, 0.3) is 10.2 Å². The number of nitrogens with two attached hydrogens (primary N) is 1. The minimum atomic E-state index is -3.76. The van der Waals surface area contributed by atoms with Gasteiger partial charge in [-0.2, -0.15) is 8.42 Å². The molecule has 7 heteroatoms. The maximum absolute atomic E-state index is 10.7. The highest BCUT2D eigenvalue weighted by Crippen LogP contribution is 2.30. The number of nitrogens with one attached hydrogen (secondary N) is 1. The fourth-order valence-corrected chi connectivity index (χ4v) is 1.88. The lowest BCUT2D eigenvalue weighted by molar-refractivity contribution is 0.603. The largest absolute Gasteiger partial charge is 0.296 e. The Morgan fingerprint density at radius 1 is 1.46 bits per heavy atom. The van der Waals surface area contributed by atoms with E-state index in [1.807, 2.05) is 0 Å². The van der Waals surface area contributed by atoms with Crippen LogP contribution in [-0.2, 0) is 10.2 Å². The van der Waals surface area contributed by atoms with Crippen LogP contribution in [0.25, 0.3) is 0 Å². The first-order valence-electron chi connectivity index (χ1n) is 3.15. The summed E-state index contributed by atoms with van der Waals surface area (Å²) < 4.78 is 23.9. The van der Waals surface area contributed by atoms with E-state index in [0.29, 0.717) is 15.2 Å². The molecule has 1 aromatic carbocycles. The molecule has 0 heterocycles. The molecule has 1 rings (SSSR count). The summed E-state index contributed by atoms with van der Waals surface area (Å²) >= 11 is 8.84. The van der Waals surface area contributed by atoms with Gasteiger partial charge in [-0.15, -0.1) is 0 Å². The molecule has 0 saturated carbocycles. The topological polar surface area (TPSA) is 72.2 Å². The summed E-state index contributed by atoms with van der Waals surface area (Å²) in [4.78, 5) is 0. The fourth-order valence-electron chi connectivity index (χ4n) is 0.736. The van der Waals surface area contributed by atoms with Crippen LogP contribution < -0.4 is 9.86 Å². The van der Waals surface area contributed by atoms with Crippen LogP contribution in [0.3, 0.4) is 0 Å². The van der Waals surface area contributed by atoms with Crippen molar-refractivity contribution in [1.82, 2.24) is 0 Å². The molecule has 3 N–H and O–H groups in total. The Kier molecular flexibility index (Phi) is 3.18. The van der Waals surface area contributed by atoms with E-state index in [4.69, 9.17) is 16.7 Å². The fraction of sp³-hybridized carbons (Fsp3) is 0. The summed E-state index contributed by atoms with van der Waals surface area (Å²) in [5, 5.41) is 5.19. The van der Waals surface area contributed by atoms with Gasteiger partial charge in [0.05, 0.1) is 15.2 Å². The molecule has 4 nitrogen and oxygen atoms in total. The maximum Gasteiger partial charge on any atom is 0.296 e. The molecule has 0 aliphatic rings. The monoisotopic (exact) mass is 284 g/mol. The van der Waals surface area contributed by atoms with Crippen molar-refractivity contribution in [3.8, 4) is 0 Å². The van der Waals surface area contributed by atoms with Gasteiger partial charge < -0.3 is 0 Å². The summed E-state index contributed by atoms with van der Waals surface area (Å²) in [6.07, 6.45) is 0. The van der Waals surface area contributed by atoms with Crippen molar-refractivity contribution in [3.05, 3.63) is 27.7 Å². The molecule has 0 atom stereocenters. The lowest BCUT2D eigenvalue weighted by Crippen LogP contribution is -2.21. The maximum atomic E-state index is 10.7. The number of halogens is 2. The first kappa shape index (κ1) is 10.8. The Morgan fingerprint density at radius 3 is 2.62 bits per heavy atom. The van der Waals surface area contributed by atoms with Crippen molar-refractivity contribution in [2.24, 2.45) is 5.14 Å². The van der Waals surface area contributed by atoms with Gasteiger partial charge in [0, 0.05) is 0 Å². The quantitative estimate of drug-likeness (QED) is 0.868. The minimum absolute atomic E-state index is 0.315. The second kappa shape index (κ2) is 3.83. The van der Waals surface area contributed by atoms with Crippen molar-refractivity contribution in [3.63, 3.8) is 0 Å². The molecule has 13 heavy (non-hydrogen) atoms. The van der Waals surface area contributed by atoms with Crippen LogP contribution in [0.4, 0.5) is 5.69 Å². The lowest BCUT2D eigenvalue weighted by atomic mass is 10.3. The summed E-state index contributed by atoms with van der Waals surface area (Å²) in [7, 11) is -3.76. The van der Waals surface area contributed by atoms with E-state index in [1.165, 1.54) is 0 Å². The lowest BCUT2D eigenvalue weighted by Gasteiger charge is -2.06. The van der Waals surface area contributed by atoms with Gasteiger partial charge in [0.1, 0.15) is 0 Å². The number of rotatable bonds is 2. The Labute approximate surface area is 89.4 Å². The van der Waals surface area contributed by atoms with E-state index in [2.05, 4.69) is 20.7 Å². The molecule has 1 aromatic rings. The van der Waals surface area contributed by atoms with Crippen molar-refractivity contribution in [2.45, 2.75) is 0 Å². The van der Waals surface area contributed by atoms with E-state index in [9.17, 15) is 8.42 Å². The van der Waals surface area contributed by atoms with Crippen LogP contribution in [0.1, 0.15) is 0 Å². The Balaban J connectivity index is 3.10. The Morgan fingerprint density at radius 2 is 2.08 bits per heavy atom. The van der Waals surface area contributed by atoms with Gasteiger partial charge in [0.2, 0.25) is 0 Å². The van der Waals surface area contributed by atoms with Crippen LogP contribution in [0.2, 0.25) is 5.02 Å². The zero-order chi connectivity index (χ0) is 10.1. The number of anilines is 1. The van der Waals surface area contributed by atoms with Crippen LogP contribution in [0.15, 0.2) is 22.7 Å². The normalized spacial score (nSPS) is 11.3. The standard InChI is InChI=1S/C6H6BrClN2O2S/c7-6-4(8)2-1-3-5(6)10-13(9,11)12/h1-3,10H,(H2,9,11,12). The first-order valence-corrected chi connectivity index (χ1v) is 5.86. The molecule has 0 aromatic heterocycles.